The summed E-state index contributed by atoms with van der Waals surface area (Å²) in [5.41, 5.74) is -4.36. The lowest BCUT2D eigenvalue weighted by atomic mass is 9.90. The molecule has 0 aromatic heterocycles. The van der Waals surface area contributed by atoms with Crippen molar-refractivity contribution in [1.82, 2.24) is 9.80 Å². The van der Waals surface area contributed by atoms with E-state index in [1.165, 1.54) is 11.9 Å². The van der Waals surface area contributed by atoms with Gasteiger partial charge in [-0.3, -0.25) is 9.59 Å². The molecule has 0 radical (unpaired) electrons. The number of carbonyl (C=O) groups is 2. The number of benzene rings is 1. The normalized spacial score (nSPS) is 22.4. The van der Waals surface area contributed by atoms with Crippen LogP contribution in [-0.4, -0.2) is 64.7 Å². The Labute approximate surface area is 169 Å². The van der Waals surface area contributed by atoms with Crippen molar-refractivity contribution < 1.29 is 41.0 Å². The summed E-state index contributed by atoms with van der Waals surface area (Å²) in [4.78, 5) is 27.0. The molecule has 1 heterocycles. The lowest BCUT2D eigenvalue weighted by Crippen LogP contribution is -2.60. The van der Waals surface area contributed by atoms with E-state index in [9.17, 15) is 41.0 Å². The highest BCUT2D eigenvalue weighted by Crippen LogP contribution is 2.34. The van der Waals surface area contributed by atoms with Crippen LogP contribution in [0.25, 0.3) is 0 Å². The fraction of sp³-hybridized carbons (Fsp3) is 0.579. The molecule has 1 N–H and O–H groups in total. The molecule has 5 nitrogen and oxygen atoms in total. The van der Waals surface area contributed by atoms with Crippen LogP contribution in [0.1, 0.15) is 36.2 Å². The predicted octanol–water partition coefficient (Wildman–Crippen LogP) is 3.33. The lowest BCUT2D eigenvalue weighted by molar-refractivity contribution is -0.251. The molecule has 1 unspecified atom stereocenters. The van der Waals surface area contributed by atoms with E-state index in [1.807, 2.05) is 0 Å². The van der Waals surface area contributed by atoms with Crippen molar-refractivity contribution in [3.05, 3.63) is 35.4 Å². The smallest absolute Gasteiger partial charge is 0.373 e. The molecular formula is C19H22F6N2O3. The van der Waals surface area contributed by atoms with Gasteiger partial charge >= 0.3 is 12.4 Å². The summed E-state index contributed by atoms with van der Waals surface area (Å²) in [6, 6.07) is 3.27. The molecule has 1 aromatic rings. The van der Waals surface area contributed by atoms with Gasteiger partial charge in [0.25, 0.3) is 11.8 Å². The number of piperidine rings is 1. The summed E-state index contributed by atoms with van der Waals surface area (Å²) in [6.07, 6.45) is -9.50. The molecule has 1 fully saturated rings. The molecule has 2 amide bonds. The fourth-order valence-electron chi connectivity index (χ4n) is 3.48. The highest BCUT2D eigenvalue weighted by molar-refractivity contribution is 5.94. The van der Waals surface area contributed by atoms with Gasteiger partial charge in [0.2, 0.25) is 5.60 Å². The molecule has 0 spiro atoms. The number of amides is 2. The van der Waals surface area contributed by atoms with Crippen LogP contribution in [0.15, 0.2) is 24.3 Å². The zero-order valence-corrected chi connectivity index (χ0v) is 16.5. The van der Waals surface area contributed by atoms with Gasteiger partial charge in [0, 0.05) is 31.7 Å². The first-order valence-electron chi connectivity index (χ1n) is 9.10. The number of hydrogen-bond acceptors (Lipinski definition) is 3. The zero-order chi connectivity index (χ0) is 23.1. The number of rotatable bonds is 3. The first-order chi connectivity index (χ1) is 13.6. The third kappa shape index (κ3) is 4.71. The Morgan fingerprint density at radius 3 is 2.07 bits per heavy atom. The second kappa shape index (κ2) is 8.09. The largest absolute Gasteiger partial charge is 0.426 e. The average molecular weight is 440 g/mol. The van der Waals surface area contributed by atoms with Gasteiger partial charge in [-0.1, -0.05) is 6.92 Å². The number of hydrogen-bond donors (Lipinski definition) is 1. The van der Waals surface area contributed by atoms with Crippen molar-refractivity contribution in [2.75, 3.05) is 20.1 Å². The molecule has 2 rings (SSSR count). The van der Waals surface area contributed by atoms with E-state index >= 15 is 0 Å². The van der Waals surface area contributed by atoms with Gasteiger partial charge in [0.15, 0.2) is 0 Å². The second-order valence-electron chi connectivity index (χ2n) is 7.65. The number of likely N-dealkylation sites (tertiary alicyclic amines) is 1. The first kappa shape index (κ1) is 24.0. The van der Waals surface area contributed by atoms with Crippen molar-refractivity contribution in [3.8, 4) is 0 Å². The van der Waals surface area contributed by atoms with Crippen LogP contribution in [0.3, 0.4) is 0 Å². The summed E-state index contributed by atoms with van der Waals surface area (Å²) in [6.45, 7) is 1.82. The molecule has 30 heavy (non-hydrogen) atoms. The molecule has 1 aliphatic rings. The van der Waals surface area contributed by atoms with Gasteiger partial charge < -0.3 is 14.9 Å². The predicted molar refractivity (Wildman–Crippen MR) is 94.4 cm³/mol. The minimum absolute atomic E-state index is 0.0382. The van der Waals surface area contributed by atoms with Crippen LogP contribution in [0.4, 0.5) is 26.3 Å². The minimum atomic E-state index is -5.13. The Hall–Kier alpha value is -2.30. The maximum absolute atomic E-state index is 12.9. The zero-order valence-electron chi connectivity index (χ0n) is 16.5. The van der Waals surface area contributed by atoms with E-state index in [1.54, 1.807) is 6.92 Å². The standard InChI is InChI=1S/C19H22F6N2O3/c1-11-10-27(16(29)17(2,30)19(23,24)25)9-8-14(11)26(3)15(28)12-4-6-13(7-5-12)18(20,21)22/h4-7,11,14,30H,8-10H2,1-3H3/t11-,14+,17?/m1/s1. The third-order valence-corrected chi connectivity index (χ3v) is 5.39. The molecule has 1 saturated heterocycles. The van der Waals surface area contributed by atoms with E-state index < -0.39 is 47.3 Å². The summed E-state index contributed by atoms with van der Waals surface area (Å²) in [5, 5.41) is 9.59. The van der Waals surface area contributed by atoms with Gasteiger partial charge in [-0.25, -0.2) is 0 Å². The SMILES string of the molecule is C[C@@H]1CN(C(=O)C(C)(O)C(F)(F)F)CC[C@@H]1N(C)C(=O)c1ccc(C(F)(F)F)cc1. The molecule has 3 atom stereocenters. The summed E-state index contributed by atoms with van der Waals surface area (Å²) < 4.78 is 76.7. The van der Waals surface area contributed by atoms with Crippen molar-refractivity contribution in [3.63, 3.8) is 0 Å². The molecule has 11 heteroatoms. The number of aliphatic hydroxyl groups is 1. The Kier molecular flexibility index (Phi) is 6.46. The monoisotopic (exact) mass is 440 g/mol. The van der Waals surface area contributed by atoms with Crippen molar-refractivity contribution in [2.24, 2.45) is 5.92 Å². The van der Waals surface area contributed by atoms with Crippen LogP contribution < -0.4 is 0 Å². The van der Waals surface area contributed by atoms with Gasteiger partial charge in [0.05, 0.1) is 5.56 Å². The first-order valence-corrected chi connectivity index (χ1v) is 9.10. The Balaban J connectivity index is 2.08. The van der Waals surface area contributed by atoms with Crippen LogP contribution >= 0.6 is 0 Å². The highest BCUT2D eigenvalue weighted by Gasteiger charge is 2.57. The van der Waals surface area contributed by atoms with E-state index in [2.05, 4.69) is 0 Å². The quantitative estimate of drug-likeness (QED) is 0.734. The van der Waals surface area contributed by atoms with E-state index in [0.717, 1.165) is 29.2 Å². The summed E-state index contributed by atoms with van der Waals surface area (Å²) in [5.74, 6) is -2.42. The summed E-state index contributed by atoms with van der Waals surface area (Å²) >= 11 is 0. The van der Waals surface area contributed by atoms with Gasteiger partial charge in [-0.2, -0.15) is 26.3 Å². The molecule has 168 valence electrons. The topological polar surface area (TPSA) is 60.9 Å². The van der Waals surface area contributed by atoms with Crippen LogP contribution in [0, 0.1) is 5.92 Å². The molecule has 0 saturated carbocycles. The molecule has 0 bridgehead atoms. The lowest BCUT2D eigenvalue weighted by Gasteiger charge is -2.43. The maximum atomic E-state index is 12.9. The van der Waals surface area contributed by atoms with Crippen LogP contribution in [0.2, 0.25) is 0 Å². The fourth-order valence-corrected chi connectivity index (χ4v) is 3.48. The van der Waals surface area contributed by atoms with Crippen molar-refractivity contribution in [2.45, 2.75) is 44.3 Å². The van der Waals surface area contributed by atoms with Gasteiger partial charge in [0.1, 0.15) is 0 Å². The van der Waals surface area contributed by atoms with E-state index in [-0.39, 0.29) is 25.1 Å². The number of carbonyl (C=O) groups excluding carboxylic acids is 2. The molecule has 0 aliphatic carbocycles. The van der Waals surface area contributed by atoms with Gasteiger partial charge in [-0.05, 0) is 43.5 Å². The highest BCUT2D eigenvalue weighted by atomic mass is 19.4. The van der Waals surface area contributed by atoms with Gasteiger partial charge in [-0.15, -0.1) is 0 Å². The summed E-state index contributed by atoms with van der Waals surface area (Å²) in [7, 11) is 1.45. The molecular weight excluding hydrogens is 418 g/mol. The van der Waals surface area contributed by atoms with Crippen molar-refractivity contribution in [1.29, 1.82) is 0 Å². The third-order valence-electron chi connectivity index (χ3n) is 5.39. The second-order valence-corrected chi connectivity index (χ2v) is 7.65. The number of nitrogens with zero attached hydrogens (tertiary/aromatic N) is 2. The number of halogens is 6. The average Bonchev–Trinajstić information content (AvgIpc) is 2.64. The van der Waals surface area contributed by atoms with Crippen LogP contribution in [-0.2, 0) is 11.0 Å². The van der Waals surface area contributed by atoms with Crippen LogP contribution in [0.5, 0.6) is 0 Å². The molecule has 1 aromatic carbocycles. The number of alkyl halides is 6. The van der Waals surface area contributed by atoms with E-state index in [4.69, 9.17) is 0 Å². The van der Waals surface area contributed by atoms with E-state index in [0.29, 0.717) is 6.92 Å². The molecule has 1 aliphatic heterocycles. The minimum Gasteiger partial charge on any atom is -0.373 e. The Bertz CT molecular complexity index is 789. The maximum Gasteiger partial charge on any atom is 0.426 e. The Morgan fingerprint density at radius 2 is 1.63 bits per heavy atom. The Morgan fingerprint density at radius 1 is 1.10 bits per heavy atom. The van der Waals surface area contributed by atoms with Crippen molar-refractivity contribution >= 4 is 11.8 Å².